The zero-order valence-electron chi connectivity index (χ0n) is 33.8. The Morgan fingerprint density at radius 2 is 1.04 bits per heavy atom. The van der Waals surface area contributed by atoms with E-state index < -0.39 is 13.9 Å². The lowest BCUT2D eigenvalue weighted by atomic mass is 10.0. The molecule has 0 amide bonds. The summed E-state index contributed by atoms with van der Waals surface area (Å²) >= 11 is 0. The number of phosphoric acid groups is 1. The number of unbranched alkanes of at least 4 members (excludes halogenated alkanes) is 24. The smallest absolute Gasteiger partial charge is 0.472 e. The van der Waals surface area contributed by atoms with Crippen LogP contribution < -0.4 is 5.73 Å². The Balaban J connectivity index is 4.09. The number of hydrogen-bond donors (Lipinski definition) is 2. The zero-order chi connectivity index (χ0) is 38.1. The van der Waals surface area contributed by atoms with Gasteiger partial charge in [0.2, 0.25) is 0 Å². The van der Waals surface area contributed by atoms with Crippen LogP contribution in [0.2, 0.25) is 0 Å². The Hall–Kier alpha value is -1.44. The molecule has 0 rings (SSSR count). The second-order valence-electron chi connectivity index (χ2n) is 14.3. The van der Waals surface area contributed by atoms with E-state index >= 15 is 0 Å². The summed E-state index contributed by atoms with van der Waals surface area (Å²) in [5, 5.41) is 0. The quantitative estimate of drug-likeness (QED) is 0.0208. The first-order valence-corrected chi connectivity index (χ1v) is 23.0. The molecule has 0 fully saturated rings. The molecule has 0 aromatic carbocycles. The molecule has 0 aliphatic rings. The van der Waals surface area contributed by atoms with Crippen molar-refractivity contribution < 1.29 is 32.8 Å². The molecule has 0 heterocycles. The van der Waals surface area contributed by atoms with Crippen molar-refractivity contribution in [3.05, 3.63) is 36.6 Å². The van der Waals surface area contributed by atoms with Crippen molar-refractivity contribution in [1.29, 1.82) is 0 Å². The van der Waals surface area contributed by atoms with Gasteiger partial charge in [-0.2, -0.15) is 0 Å². The van der Waals surface area contributed by atoms with Gasteiger partial charge in [0.25, 0.3) is 0 Å². The fourth-order valence-electron chi connectivity index (χ4n) is 5.93. The van der Waals surface area contributed by atoms with Crippen molar-refractivity contribution in [3.8, 4) is 0 Å². The fourth-order valence-corrected chi connectivity index (χ4v) is 6.70. The topological polar surface area (TPSA) is 117 Å². The number of ether oxygens (including phenoxy) is 2. The second kappa shape index (κ2) is 40.7. The molecule has 0 bridgehead atoms. The maximum Gasteiger partial charge on any atom is 0.472 e. The van der Waals surface area contributed by atoms with Gasteiger partial charge in [-0.3, -0.25) is 13.8 Å². The first-order valence-electron chi connectivity index (χ1n) is 21.5. The average molecular weight is 756 g/mol. The first kappa shape index (κ1) is 50.6. The van der Waals surface area contributed by atoms with Crippen molar-refractivity contribution in [2.75, 3.05) is 26.4 Å². The molecule has 9 heteroatoms. The molecule has 1 unspecified atom stereocenters. The summed E-state index contributed by atoms with van der Waals surface area (Å²) in [5.74, 6) is -0.359. The molecule has 0 saturated heterocycles. The van der Waals surface area contributed by atoms with Crippen molar-refractivity contribution in [1.82, 2.24) is 0 Å². The maximum absolute atomic E-state index is 12.6. The van der Waals surface area contributed by atoms with Crippen LogP contribution in [0.4, 0.5) is 0 Å². The number of carbonyl (C=O) groups is 1. The third-order valence-electron chi connectivity index (χ3n) is 9.12. The Labute approximate surface area is 320 Å². The third kappa shape index (κ3) is 39.8. The van der Waals surface area contributed by atoms with Crippen LogP contribution in [-0.2, 0) is 27.9 Å². The summed E-state index contributed by atoms with van der Waals surface area (Å²) in [6.07, 6.45) is 46.8. The van der Waals surface area contributed by atoms with Crippen LogP contribution in [0.3, 0.4) is 0 Å². The van der Waals surface area contributed by atoms with Crippen LogP contribution in [0.25, 0.3) is 0 Å². The molecular formula is C43H82NO7P. The van der Waals surface area contributed by atoms with Crippen LogP contribution in [-0.4, -0.2) is 43.3 Å². The average Bonchev–Trinajstić information content (AvgIpc) is 3.13. The van der Waals surface area contributed by atoms with Crippen LogP contribution in [0, 0.1) is 0 Å². The minimum atomic E-state index is -4.29. The standard InChI is InChI=1S/C43H82NO7P/c1-3-5-7-9-11-13-15-17-19-21-22-24-26-28-30-32-34-36-43(45)51-42(41-50-52(46,47)49-39-37-44)40-48-38-35-33-31-29-27-25-23-20-18-16-14-12-10-8-6-4-2/h11,13,17,19,35,38,42H,3-10,12,14-16,18,20-34,36-37,39-41,44H2,1-2H3,(H,46,47)/t42-/m1/s1. The number of esters is 1. The Kier molecular flexibility index (Phi) is 39.6. The Bertz CT molecular complexity index is 895. The van der Waals surface area contributed by atoms with E-state index in [9.17, 15) is 14.3 Å². The molecule has 0 saturated carbocycles. The summed E-state index contributed by atoms with van der Waals surface area (Å²) in [6, 6.07) is 0. The summed E-state index contributed by atoms with van der Waals surface area (Å²) in [6.45, 7) is 4.22. The minimum Gasteiger partial charge on any atom is -0.498 e. The Morgan fingerprint density at radius 1 is 0.596 bits per heavy atom. The van der Waals surface area contributed by atoms with Gasteiger partial charge in [0.15, 0.2) is 6.10 Å². The number of hydrogen-bond acceptors (Lipinski definition) is 7. The molecule has 0 aliphatic carbocycles. The third-order valence-corrected chi connectivity index (χ3v) is 10.1. The highest BCUT2D eigenvalue weighted by Crippen LogP contribution is 2.43. The van der Waals surface area contributed by atoms with Gasteiger partial charge in [-0.1, -0.05) is 167 Å². The van der Waals surface area contributed by atoms with E-state index in [4.69, 9.17) is 24.3 Å². The van der Waals surface area contributed by atoms with E-state index in [-0.39, 0.29) is 32.3 Å². The van der Waals surface area contributed by atoms with Crippen molar-refractivity contribution >= 4 is 13.8 Å². The highest BCUT2D eigenvalue weighted by molar-refractivity contribution is 7.47. The van der Waals surface area contributed by atoms with Crippen molar-refractivity contribution in [2.45, 2.75) is 206 Å². The largest absolute Gasteiger partial charge is 0.498 e. The number of nitrogens with two attached hydrogens (primary N) is 1. The van der Waals surface area contributed by atoms with E-state index in [1.54, 1.807) is 6.26 Å². The van der Waals surface area contributed by atoms with Crippen LogP contribution in [0.1, 0.15) is 200 Å². The van der Waals surface area contributed by atoms with E-state index in [0.29, 0.717) is 6.42 Å². The molecule has 0 aromatic rings. The van der Waals surface area contributed by atoms with Gasteiger partial charge in [0, 0.05) is 13.0 Å². The molecule has 0 aromatic heterocycles. The molecule has 8 nitrogen and oxygen atoms in total. The van der Waals surface area contributed by atoms with Crippen LogP contribution in [0.5, 0.6) is 0 Å². The fraction of sp³-hybridized carbons (Fsp3) is 0.837. The number of carbonyl (C=O) groups excluding carboxylic acids is 1. The number of phosphoric ester groups is 1. The summed E-state index contributed by atoms with van der Waals surface area (Å²) in [5.41, 5.74) is 5.36. The molecule has 0 aliphatic heterocycles. The Morgan fingerprint density at radius 3 is 1.56 bits per heavy atom. The predicted octanol–water partition coefficient (Wildman–Crippen LogP) is 13.0. The normalized spacial score (nSPS) is 13.8. The summed E-state index contributed by atoms with van der Waals surface area (Å²) in [7, 11) is -4.29. The maximum atomic E-state index is 12.6. The molecule has 0 spiro atoms. The van der Waals surface area contributed by atoms with Crippen molar-refractivity contribution in [3.63, 3.8) is 0 Å². The van der Waals surface area contributed by atoms with Gasteiger partial charge in [-0.15, -0.1) is 0 Å². The monoisotopic (exact) mass is 756 g/mol. The second-order valence-corrected chi connectivity index (χ2v) is 15.7. The lowest BCUT2D eigenvalue weighted by Gasteiger charge is -2.19. The minimum absolute atomic E-state index is 0.0306. The number of rotatable bonds is 41. The molecule has 52 heavy (non-hydrogen) atoms. The van der Waals surface area contributed by atoms with Crippen LogP contribution in [0.15, 0.2) is 36.6 Å². The lowest BCUT2D eigenvalue weighted by molar-refractivity contribution is -0.153. The van der Waals surface area contributed by atoms with Gasteiger partial charge in [0.05, 0.1) is 19.5 Å². The summed E-state index contributed by atoms with van der Waals surface area (Å²) < 4.78 is 33.2. The van der Waals surface area contributed by atoms with E-state index in [2.05, 4.69) is 38.2 Å². The summed E-state index contributed by atoms with van der Waals surface area (Å²) in [4.78, 5) is 22.4. The molecule has 306 valence electrons. The van der Waals surface area contributed by atoms with Gasteiger partial charge in [-0.25, -0.2) is 4.57 Å². The van der Waals surface area contributed by atoms with E-state index in [1.807, 2.05) is 6.08 Å². The molecular weight excluding hydrogens is 673 g/mol. The lowest BCUT2D eigenvalue weighted by Crippen LogP contribution is -2.27. The molecule has 0 radical (unpaired) electrons. The zero-order valence-corrected chi connectivity index (χ0v) is 34.7. The van der Waals surface area contributed by atoms with Gasteiger partial charge in [0.1, 0.15) is 6.61 Å². The van der Waals surface area contributed by atoms with Gasteiger partial charge >= 0.3 is 13.8 Å². The first-order chi connectivity index (χ1) is 25.4. The predicted molar refractivity (Wildman–Crippen MR) is 219 cm³/mol. The number of allylic oxidation sites excluding steroid dienone is 5. The van der Waals surface area contributed by atoms with Crippen LogP contribution >= 0.6 is 7.82 Å². The van der Waals surface area contributed by atoms with Gasteiger partial charge < -0.3 is 20.1 Å². The highest BCUT2D eigenvalue weighted by Gasteiger charge is 2.25. The highest BCUT2D eigenvalue weighted by atomic mass is 31.2. The molecule has 3 N–H and O–H groups in total. The SMILES string of the molecule is CCCCCC=CCC=CCCCCCCCCCC(=O)O[C@H](COC=CCCCCCCCCCCCCCCCC)COP(=O)(O)OCCN. The molecule has 2 atom stereocenters. The van der Waals surface area contributed by atoms with Gasteiger partial charge in [-0.05, 0) is 57.4 Å². The van der Waals surface area contributed by atoms with E-state index in [0.717, 1.165) is 44.9 Å². The van der Waals surface area contributed by atoms with E-state index in [1.165, 1.54) is 135 Å². The van der Waals surface area contributed by atoms with Crippen molar-refractivity contribution in [2.24, 2.45) is 5.73 Å².